The van der Waals surface area contributed by atoms with Crippen molar-refractivity contribution in [2.75, 3.05) is 7.11 Å². The van der Waals surface area contributed by atoms with E-state index in [9.17, 15) is 4.79 Å². The Morgan fingerprint density at radius 1 is 1.14 bits per heavy atom. The van der Waals surface area contributed by atoms with Crippen LogP contribution < -0.4 is 10.3 Å². The van der Waals surface area contributed by atoms with E-state index in [-0.39, 0.29) is 5.56 Å². The quantitative estimate of drug-likeness (QED) is 0.464. The number of methoxy groups -OCH3 is 1. The Morgan fingerprint density at radius 2 is 1.96 bits per heavy atom. The molecule has 1 aromatic carbocycles. The van der Waals surface area contributed by atoms with Crippen LogP contribution in [0.25, 0.3) is 5.65 Å². The molecule has 0 aliphatic rings. The molecule has 0 bridgehead atoms. The third-order valence-electron chi connectivity index (χ3n) is 4.20. The lowest BCUT2D eigenvalue weighted by atomic mass is 10.2. The number of tetrazole rings is 1. The fraction of sp³-hybridized carbons (Fsp3) is 0.211. The van der Waals surface area contributed by atoms with Gasteiger partial charge in [0.2, 0.25) is 5.16 Å². The Morgan fingerprint density at radius 3 is 2.75 bits per heavy atom. The highest BCUT2D eigenvalue weighted by Gasteiger charge is 2.10. The molecule has 8 nitrogen and oxygen atoms in total. The molecular formula is C19H18N6O2S. The summed E-state index contributed by atoms with van der Waals surface area (Å²) in [4.78, 5) is 16.9. The Labute approximate surface area is 165 Å². The Kier molecular flexibility index (Phi) is 5.07. The summed E-state index contributed by atoms with van der Waals surface area (Å²) in [6.07, 6.45) is 1.79. The second-order valence-corrected chi connectivity index (χ2v) is 7.22. The number of nitrogens with zero attached hydrogens (tertiary/aromatic N) is 6. The van der Waals surface area contributed by atoms with Crippen molar-refractivity contribution >= 4 is 17.4 Å². The number of aryl methyl sites for hydroxylation is 1. The lowest BCUT2D eigenvalue weighted by Gasteiger charge is -2.06. The number of aromatic nitrogens is 6. The van der Waals surface area contributed by atoms with Gasteiger partial charge in [-0.1, -0.05) is 30.0 Å². The average Bonchev–Trinajstić information content (AvgIpc) is 3.14. The molecule has 4 rings (SSSR count). The highest BCUT2D eigenvalue weighted by Crippen LogP contribution is 2.20. The van der Waals surface area contributed by atoms with Gasteiger partial charge in [0.05, 0.1) is 19.3 Å². The fourth-order valence-corrected chi connectivity index (χ4v) is 3.54. The van der Waals surface area contributed by atoms with Crippen LogP contribution in [0.5, 0.6) is 5.75 Å². The first-order valence-electron chi connectivity index (χ1n) is 8.63. The number of rotatable bonds is 6. The molecule has 3 heterocycles. The topological polar surface area (TPSA) is 87.2 Å². The van der Waals surface area contributed by atoms with Gasteiger partial charge in [0, 0.05) is 18.0 Å². The number of benzene rings is 1. The van der Waals surface area contributed by atoms with E-state index in [1.165, 1.54) is 11.8 Å². The highest BCUT2D eigenvalue weighted by molar-refractivity contribution is 7.98. The molecule has 0 saturated heterocycles. The summed E-state index contributed by atoms with van der Waals surface area (Å²) in [5.74, 6) is 1.31. The molecule has 9 heteroatoms. The molecule has 0 atom stereocenters. The van der Waals surface area contributed by atoms with Gasteiger partial charge in [-0.25, -0.2) is 9.67 Å². The van der Waals surface area contributed by atoms with E-state index in [0.717, 1.165) is 16.9 Å². The van der Waals surface area contributed by atoms with E-state index in [4.69, 9.17) is 4.74 Å². The van der Waals surface area contributed by atoms with E-state index < -0.39 is 0 Å². The van der Waals surface area contributed by atoms with Crippen LogP contribution >= 0.6 is 11.8 Å². The van der Waals surface area contributed by atoms with Gasteiger partial charge in [0.25, 0.3) is 5.56 Å². The van der Waals surface area contributed by atoms with Crippen molar-refractivity contribution in [2.45, 2.75) is 24.4 Å². The third kappa shape index (κ3) is 3.89. The molecular weight excluding hydrogens is 376 g/mol. The maximum Gasteiger partial charge on any atom is 0.258 e. The molecule has 0 saturated carbocycles. The van der Waals surface area contributed by atoms with Crippen LogP contribution in [0.1, 0.15) is 16.8 Å². The first-order chi connectivity index (χ1) is 13.6. The molecule has 4 aromatic rings. The zero-order chi connectivity index (χ0) is 19.5. The van der Waals surface area contributed by atoms with Gasteiger partial charge in [-0.2, -0.15) is 0 Å². The van der Waals surface area contributed by atoms with E-state index in [1.54, 1.807) is 28.5 Å². The van der Waals surface area contributed by atoms with Crippen LogP contribution in [0, 0.1) is 6.92 Å². The molecule has 28 heavy (non-hydrogen) atoms. The standard InChI is InChI=1S/C19H18N6O2S/c1-13-3-8-17-20-15(9-18(26)24(17)10-13)12-28-19-21-22-23-25(19)11-14-4-6-16(27-2)7-5-14/h3-10H,11-12H2,1-2H3. The van der Waals surface area contributed by atoms with Crippen LogP contribution in [0.4, 0.5) is 0 Å². The molecule has 0 aliphatic carbocycles. The summed E-state index contributed by atoms with van der Waals surface area (Å²) in [6, 6.07) is 13.1. The zero-order valence-electron chi connectivity index (χ0n) is 15.4. The van der Waals surface area contributed by atoms with Crippen molar-refractivity contribution in [3.8, 4) is 5.75 Å². The van der Waals surface area contributed by atoms with Gasteiger partial charge >= 0.3 is 0 Å². The van der Waals surface area contributed by atoms with Crippen LogP contribution in [0.2, 0.25) is 0 Å². The van der Waals surface area contributed by atoms with Crippen molar-refractivity contribution in [1.82, 2.24) is 29.6 Å². The molecule has 0 amide bonds. The second-order valence-electron chi connectivity index (χ2n) is 6.28. The lowest BCUT2D eigenvalue weighted by molar-refractivity contribution is 0.414. The summed E-state index contributed by atoms with van der Waals surface area (Å²) < 4.78 is 8.46. The van der Waals surface area contributed by atoms with E-state index in [2.05, 4.69) is 20.5 Å². The average molecular weight is 394 g/mol. The monoisotopic (exact) mass is 394 g/mol. The van der Waals surface area contributed by atoms with Gasteiger partial charge in [0.15, 0.2) is 0 Å². The minimum Gasteiger partial charge on any atom is -0.497 e. The van der Waals surface area contributed by atoms with Crippen molar-refractivity contribution in [1.29, 1.82) is 0 Å². The van der Waals surface area contributed by atoms with E-state index >= 15 is 0 Å². The Balaban J connectivity index is 1.50. The van der Waals surface area contributed by atoms with Crippen molar-refractivity contribution in [3.05, 3.63) is 75.8 Å². The number of ether oxygens (including phenoxy) is 1. The number of hydrogen-bond donors (Lipinski definition) is 0. The Bertz CT molecular complexity index is 1170. The van der Waals surface area contributed by atoms with Crippen LogP contribution in [0.3, 0.4) is 0 Å². The summed E-state index contributed by atoms with van der Waals surface area (Å²) in [7, 11) is 1.64. The first-order valence-corrected chi connectivity index (χ1v) is 9.62. The van der Waals surface area contributed by atoms with Gasteiger partial charge in [-0.15, -0.1) is 5.10 Å². The van der Waals surface area contributed by atoms with Crippen LogP contribution in [-0.2, 0) is 12.3 Å². The molecule has 3 aromatic heterocycles. The van der Waals surface area contributed by atoms with Crippen molar-refractivity contribution in [2.24, 2.45) is 0 Å². The Hall–Kier alpha value is -3.20. The third-order valence-corrected chi connectivity index (χ3v) is 5.19. The molecule has 142 valence electrons. The molecule has 0 unspecified atom stereocenters. The first kappa shape index (κ1) is 18.2. The predicted octanol–water partition coefficient (Wildman–Crippen LogP) is 2.34. The maximum absolute atomic E-state index is 12.3. The molecule has 0 spiro atoms. The SMILES string of the molecule is COc1ccc(Cn2nnnc2SCc2cc(=O)n3cc(C)ccc3n2)cc1. The minimum absolute atomic E-state index is 0.0953. The van der Waals surface area contributed by atoms with Gasteiger partial charge in [0.1, 0.15) is 11.4 Å². The van der Waals surface area contributed by atoms with Gasteiger partial charge < -0.3 is 4.74 Å². The number of pyridine rings is 1. The van der Waals surface area contributed by atoms with Crippen molar-refractivity contribution in [3.63, 3.8) is 0 Å². The largest absolute Gasteiger partial charge is 0.497 e. The van der Waals surface area contributed by atoms with Gasteiger partial charge in [-0.05, 0) is 46.7 Å². The van der Waals surface area contributed by atoms with Crippen LogP contribution in [-0.4, -0.2) is 36.7 Å². The predicted molar refractivity (Wildman–Crippen MR) is 106 cm³/mol. The van der Waals surface area contributed by atoms with E-state index in [1.807, 2.05) is 43.3 Å². The molecule has 0 N–H and O–H groups in total. The second kappa shape index (κ2) is 7.81. The number of fused-ring (bicyclic) bond motifs is 1. The number of hydrogen-bond acceptors (Lipinski definition) is 7. The number of thioether (sulfide) groups is 1. The minimum atomic E-state index is -0.0953. The van der Waals surface area contributed by atoms with Crippen LogP contribution in [0.15, 0.2) is 58.6 Å². The summed E-state index contributed by atoms with van der Waals surface area (Å²) in [5, 5.41) is 12.6. The highest BCUT2D eigenvalue weighted by atomic mass is 32.2. The zero-order valence-corrected chi connectivity index (χ0v) is 16.3. The lowest BCUT2D eigenvalue weighted by Crippen LogP contribution is -2.15. The smallest absolute Gasteiger partial charge is 0.258 e. The molecule has 0 radical (unpaired) electrons. The molecule has 0 fully saturated rings. The fourth-order valence-electron chi connectivity index (χ4n) is 2.77. The molecule has 0 aliphatic heterocycles. The van der Waals surface area contributed by atoms with E-state index in [0.29, 0.717) is 28.8 Å². The summed E-state index contributed by atoms with van der Waals surface area (Å²) in [6.45, 7) is 2.49. The van der Waals surface area contributed by atoms with Crippen molar-refractivity contribution < 1.29 is 4.74 Å². The maximum atomic E-state index is 12.3. The summed E-state index contributed by atoms with van der Waals surface area (Å²) in [5.41, 5.74) is 3.30. The summed E-state index contributed by atoms with van der Waals surface area (Å²) >= 11 is 1.45. The normalized spacial score (nSPS) is 11.1. The van der Waals surface area contributed by atoms with Gasteiger partial charge in [-0.3, -0.25) is 9.20 Å².